The number of rotatable bonds is 2. The summed E-state index contributed by atoms with van der Waals surface area (Å²) in [6, 6.07) is 0. The quantitative estimate of drug-likeness (QED) is 0.835. The Balaban J connectivity index is 1.91. The summed E-state index contributed by atoms with van der Waals surface area (Å²) < 4.78 is 0.817. The normalized spacial score (nSPS) is 23.0. The average Bonchev–Trinajstić information content (AvgIpc) is 2.47. The molecule has 4 heteroatoms. The topological polar surface area (TPSA) is 29.0 Å². The first-order chi connectivity index (χ1) is 7.74. The maximum absolute atomic E-state index is 4.40. The molecule has 1 aliphatic heterocycles. The van der Waals surface area contributed by atoms with E-state index >= 15 is 0 Å². The van der Waals surface area contributed by atoms with E-state index in [1.165, 1.54) is 32.4 Å². The molecule has 1 atom stereocenters. The molecule has 1 aliphatic rings. The number of likely N-dealkylation sites (tertiary alicyclic amines) is 1. The third-order valence-electron chi connectivity index (χ3n) is 3.24. The van der Waals surface area contributed by atoms with E-state index in [1.807, 2.05) is 6.20 Å². The van der Waals surface area contributed by atoms with Crippen molar-refractivity contribution >= 4 is 15.9 Å². The number of nitrogens with zero attached hydrogens (tertiary/aromatic N) is 3. The molecule has 88 valence electrons. The van der Waals surface area contributed by atoms with Gasteiger partial charge >= 0.3 is 0 Å². The smallest absolute Gasteiger partial charge is 0.124 e. The minimum Gasteiger partial charge on any atom is -0.306 e. The van der Waals surface area contributed by atoms with Crippen molar-refractivity contribution in [3.05, 3.63) is 22.7 Å². The van der Waals surface area contributed by atoms with Gasteiger partial charge in [0.1, 0.15) is 4.60 Å². The molecular formula is C12H18BrN3. The molecule has 1 saturated heterocycles. The van der Waals surface area contributed by atoms with Gasteiger partial charge in [0.05, 0.1) is 11.9 Å². The molecule has 3 nitrogen and oxygen atoms in total. The van der Waals surface area contributed by atoms with Crippen molar-refractivity contribution in [3.63, 3.8) is 0 Å². The van der Waals surface area contributed by atoms with Gasteiger partial charge in [-0.3, -0.25) is 4.98 Å². The molecule has 0 aliphatic carbocycles. The van der Waals surface area contributed by atoms with Gasteiger partial charge in [0, 0.05) is 6.20 Å². The Morgan fingerprint density at radius 3 is 2.94 bits per heavy atom. The molecular weight excluding hydrogens is 266 g/mol. The van der Waals surface area contributed by atoms with Crippen LogP contribution in [0.1, 0.15) is 25.0 Å². The predicted molar refractivity (Wildman–Crippen MR) is 68.3 cm³/mol. The fraction of sp³-hybridized carbons (Fsp3) is 0.667. The van der Waals surface area contributed by atoms with Gasteiger partial charge in [-0.1, -0.05) is 0 Å². The zero-order valence-corrected chi connectivity index (χ0v) is 11.3. The molecule has 0 spiro atoms. The van der Waals surface area contributed by atoms with Crippen molar-refractivity contribution in [2.75, 3.05) is 20.1 Å². The summed E-state index contributed by atoms with van der Waals surface area (Å²) in [6.07, 6.45) is 8.67. The van der Waals surface area contributed by atoms with Crippen LogP contribution in [0, 0.1) is 5.92 Å². The van der Waals surface area contributed by atoms with Gasteiger partial charge in [-0.2, -0.15) is 0 Å². The molecule has 0 amide bonds. The largest absolute Gasteiger partial charge is 0.306 e. The lowest BCUT2D eigenvalue weighted by atomic mass is 9.95. The molecule has 0 aromatic carbocycles. The van der Waals surface area contributed by atoms with E-state index in [0.29, 0.717) is 0 Å². The average molecular weight is 284 g/mol. The second-order valence-corrected chi connectivity index (χ2v) is 5.45. The molecule has 1 fully saturated rings. The lowest BCUT2D eigenvalue weighted by molar-refractivity contribution is 0.341. The molecule has 0 saturated carbocycles. The minimum atomic E-state index is 0.778. The van der Waals surface area contributed by atoms with E-state index in [-0.39, 0.29) is 0 Å². The van der Waals surface area contributed by atoms with E-state index < -0.39 is 0 Å². The van der Waals surface area contributed by atoms with Crippen molar-refractivity contribution in [2.45, 2.75) is 25.7 Å². The van der Waals surface area contributed by atoms with Crippen LogP contribution in [0.15, 0.2) is 17.0 Å². The van der Waals surface area contributed by atoms with Gasteiger partial charge in [0.2, 0.25) is 0 Å². The monoisotopic (exact) mass is 283 g/mol. The van der Waals surface area contributed by atoms with E-state index in [9.17, 15) is 0 Å². The zero-order valence-electron chi connectivity index (χ0n) is 9.69. The Bertz CT molecular complexity index is 326. The van der Waals surface area contributed by atoms with E-state index in [0.717, 1.165) is 22.6 Å². The number of halogens is 1. The SMILES string of the molecule is CN1CCC[C@@H](Cc2cnc(Br)cn2)CC1. The van der Waals surface area contributed by atoms with Crippen LogP contribution in [0.2, 0.25) is 0 Å². The van der Waals surface area contributed by atoms with Crippen molar-refractivity contribution in [3.8, 4) is 0 Å². The van der Waals surface area contributed by atoms with Crippen LogP contribution in [-0.2, 0) is 6.42 Å². The van der Waals surface area contributed by atoms with Gasteiger partial charge in [-0.15, -0.1) is 0 Å². The van der Waals surface area contributed by atoms with Crippen LogP contribution in [0.4, 0.5) is 0 Å². The molecule has 16 heavy (non-hydrogen) atoms. The maximum atomic E-state index is 4.40. The molecule has 0 unspecified atom stereocenters. The molecule has 0 bridgehead atoms. The first-order valence-electron chi connectivity index (χ1n) is 5.89. The highest BCUT2D eigenvalue weighted by atomic mass is 79.9. The fourth-order valence-corrected chi connectivity index (χ4v) is 2.46. The Labute approximate surface area is 105 Å². The van der Waals surface area contributed by atoms with Crippen LogP contribution in [0.5, 0.6) is 0 Å². The fourth-order valence-electron chi connectivity index (χ4n) is 2.25. The molecule has 2 rings (SSSR count). The van der Waals surface area contributed by atoms with Crippen molar-refractivity contribution < 1.29 is 0 Å². The Hall–Kier alpha value is -0.480. The van der Waals surface area contributed by atoms with Gasteiger partial charge < -0.3 is 4.90 Å². The minimum absolute atomic E-state index is 0.778. The molecule has 0 N–H and O–H groups in total. The summed E-state index contributed by atoms with van der Waals surface area (Å²) >= 11 is 3.31. The van der Waals surface area contributed by atoms with Crippen LogP contribution in [0.25, 0.3) is 0 Å². The Morgan fingerprint density at radius 2 is 2.19 bits per heavy atom. The van der Waals surface area contributed by atoms with Crippen LogP contribution >= 0.6 is 15.9 Å². The first-order valence-corrected chi connectivity index (χ1v) is 6.68. The van der Waals surface area contributed by atoms with Crippen LogP contribution < -0.4 is 0 Å². The standard InChI is InChI=1S/C12H18BrN3/c1-16-5-2-3-10(4-6-16)7-11-8-15-12(13)9-14-11/h8-10H,2-7H2,1H3/t10-/m1/s1. The number of hydrogen-bond acceptors (Lipinski definition) is 3. The number of hydrogen-bond donors (Lipinski definition) is 0. The summed E-state index contributed by atoms with van der Waals surface area (Å²) in [4.78, 5) is 11.0. The summed E-state index contributed by atoms with van der Waals surface area (Å²) in [6.45, 7) is 2.46. The third kappa shape index (κ3) is 3.52. The van der Waals surface area contributed by atoms with Gasteiger partial charge in [0.25, 0.3) is 0 Å². The second-order valence-electron chi connectivity index (χ2n) is 4.63. The maximum Gasteiger partial charge on any atom is 0.124 e. The molecule has 1 aromatic heterocycles. The van der Waals surface area contributed by atoms with Gasteiger partial charge in [0.15, 0.2) is 0 Å². The third-order valence-corrected chi connectivity index (χ3v) is 3.65. The van der Waals surface area contributed by atoms with Gasteiger partial charge in [-0.25, -0.2) is 4.98 Å². The van der Waals surface area contributed by atoms with Crippen LogP contribution in [-0.4, -0.2) is 35.0 Å². The highest BCUT2D eigenvalue weighted by Crippen LogP contribution is 2.20. The lowest BCUT2D eigenvalue weighted by Gasteiger charge is -2.14. The lowest BCUT2D eigenvalue weighted by Crippen LogP contribution is -2.19. The van der Waals surface area contributed by atoms with E-state index in [4.69, 9.17) is 0 Å². The van der Waals surface area contributed by atoms with Crippen molar-refractivity contribution in [1.82, 2.24) is 14.9 Å². The Morgan fingerprint density at radius 1 is 1.31 bits per heavy atom. The van der Waals surface area contributed by atoms with Crippen molar-refractivity contribution in [1.29, 1.82) is 0 Å². The van der Waals surface area contributed by atoms with Gasteiger partial charge in [-0.05, 0) is 67.7 Å². The highest BCUT2D eigenvalue weighted by molar-refractivity contribution is 9.10. The summed E-state index contributed by atoms with van der Waals surface area (Å²) in [5.74, 6) is 0.778. The first kappa shape index (κ1) is 12.0. The van der Waals surface area contributed by atoms with Crippen LogP contribution in [0.3, 0.4) is 0 Å². The zero-order chi connectivity index (χ0) is 11.4. The predicted octanol–water partition coefficient (Wildman–Crippen LogP) is 2.51. The summed E-state index contributed by atoms with van der Waals surface area (Å²) in [5.41, 5.74) is 1.12. The summed E-state index contributed by atoms with van der Waals surface area (Å²) in [5, 5.41) is 0. The second kappa shape index (κ2) is 5.73. The highest BCUT2D eigenvalue weighted by Gasteiger charge is 2.15. The number of aromatic nitrogens is 2. The van der Waals surface area contributed by atoms with E-state index in [2.05, 4.69) is 37.8 Å². The molecule has 1 aromatic rings. The van der Waals surface area contributed by atoms with E-state index in [1.54, 1.807) is 6.20 Å². The summed E-state index contributed by atoms with van der Waals surface area (Å²) in [7, 11) is 2.21. The van der Waals surface area contributed by atoms with Crippen molar-refractivity contribution in [2.24, 2.45) is 5.92 Å². The molecule has 2 heterocycles. The molecule has 0 radical (unpaired) electrons. The Kier molecular flexibility index (Phi) is 4.29.